The molecule has 414 valence electrons. The van der Waals surface area contributed by atoms with E-state index in [9.17, 15) is 19.4 Å². The highest BCUT2D eigenvalue weighted by Gasteiger charge is 2.27. The van der Waals surface area contributed by atoms with Gasteiger partial charge in [0.2, 0.25) is 5.91 Å². The molecule has 0 aliphatic carbocycles. The van der Waals surface area contributed by atoms with Crippen LogP contribution in [-0.4, -0.2) is 73.4 Å². The monoisotopic (exact) mass is 1010 g/mol. The summed E-state index contributed by atoms with van der Waals surface area (Å²) in [4.78, 5) is 23.3. The number of nitrogens with zero attached hydrogens (tertiary/aromatic N) is 1. The standard InChI is InChI=1S/C61H119N2O6P/c1-6-8-10-12-14-16-18-20-22-24-26-27-28-29-30-31-32-33-34-35-37-39-41-43-45-47-49-51-53-55-61(65)62-59(58-69-70(66,67)68-57-56-63(3,4)5)60(64)54-52-50-48-46-44-42-40-38-36-25-23-21-19-17-15-13-11-9-7-2/h18,20,24,26,52,54,59-60,64H,6-17,19,21-23,25,27-51,53,55-58H2,1-5H3,(H-,62,65,66,67)/p+1/b20-18-,26-24-,54-52+. The van der Waals surface area contributed by atoms with E-state index in [-0.39, 0.29) is 19.1 Å². The van der Waals surface area contributed by atoms with Gasteiger partial charge < -0.3 is 19.8 Å². The number of unbranched alkanes of at least 4 members (excludes halogenated alkanes) is 39. The minimum atomic E-state index is -4.35. The number of amides is 1. The molecule has 1 amide bonds. The second kappa shape index (κ2) is 52.6. The fraction of sp³-hybridized carbons (Fsp3) is 0.885. The summed E-state index contributed by atoms with van der Waals surface area (Å²) in [5, 5.41) is 14.0. The first-order valence-electron chi connectivity index (χ1n) is 30.4. The molecule has 9 heteroatoms. The number of phosphoric ester groups is 1. The van der Waals surface area contributed by atoms with Crippen molar-refractivity contribution in [1.29, 1.82) is 0 Å². The molecule has 0 saturated heterocycles. The molecule has 3 atom stereocenters. The van der Waals surface area contributed by atoms with Crippen LogP contribution in [0.1, 0.15) is 296 Å². The van der Waals surface area contributed by atoms with Crippen LogP contribution in [0.5, 0.6) is 0 Å². The molecule has 0 rings (SSSR count). The van der Waals surface area contributed by atoms with E-state index in [1.807, 2.05) is 27.2 Å². The van der Waals surface area contributed by atoms with Gasteiger partial charge >= 0.3 is 7.82 Å². The van der Waals surface area contributed by atoms with E-state index in [1.54, 1.807) is 6.08 Å². The van der Waals surface area contributed by atoms with E-state index in [0.717, 1.165) is 44.9 Å². The van der Waals surface area contributed by atoms with Gasteiger partial charge in [-0.1, -0.05) is 275 Å². The molecule has 0 fully saturated rings. The zero-order valence-corrected chi connectivity index (χ0v) is 48.2. The van der Waals surface area contributed by atoms with Gasteiger partial charge in [0.15, 0.2) is 0 Å². The summed E-state index contributed by atoms with van der Waals surface area (Å²) in [7, 11) is 1.58. The number of aliphatic hydroxyl groups is 1. The zero-order valence-electron chi connectivity index (χ0n) is 47.3. The highest BCUT2D eigenvalue weighted by atomic mass is 31.2. The number of hydrogen-bond acceptors (Lipinski definition) is 5. The second-order valence-corrected chi connectivity index (χ2v) is 23.5. The molecule has 0 bridgehead atoms. The number of rotatable bonds is 56. The van der Waals surface area contributed by atoms with Gasteiger partial charge in [-0.2, -0.15) is 0 Å². The molecule has 0 aliphatic heterocycles. The van der Waals surface area contributed by atoms with Crippen molar-refractivity contribution in [3.8, 4) is 0 Å². The Morgan fingerprint density at radius 3 is 1.17 bits per heavy atom. The van der Waals surface area contributed by atoms with Gasteiger partial charge in [0.25, 0.3) is 0 Å². The van der Waals surface area contributed by atoms with E-state index in [4.69, 9.17) is 9.05 Å². The van der Waals surface area contributed by atoms with E-state index < -0.39 is 20.0 Å². The minimum Gasteiger partial charge on any atom is -0.387 e. The third kappa shape index (κ3) is 54.5. The minimum absolute atomic E-state index is 0.0630. The van der Waals surface area contributed by atoms with Crippen LogP contribution in [0.15, 0.2) is 36.5 Å². The summed E-state index contributed by atoms with van der Waals surface area (Å²) < 4.78 is 23.7. The Morgan fingerprint density at radius 1 is 0.486 bits per heavy atom. The van der Waals surface area contributed by atoms with Crippen LogP contribution >= 0.6 is 7.82 Å². The topological polar surface area (TPSA) is 105 Å². The van der Waals surface area contributed by atoms with Gasteiger partial charge in [-0.15, -0.1) is 0 Å². The highest BCUT2D eigenvalue weighted by molar-refractivity contribution is 7.47. The number of carbonyl (C=O) groups is 1. The van der Waals surface area contributed by atoms with Crippen LogP contribution < -0.4 is 5.32 Å². The third-order valence-corrected chi connectivity index (χ3v) is 14.8. The normalized spacial score (nSPS) is 14.1. The number of quaternary nitrogens is 1. The summed E-state index contributed by atoms with van der Waals surface area (Å²) in [6, 6.07) is -0.845. The third-order valence-electron chi connectivity index (χ3n) is 13.9. The average Bonchev–Trinajstić information content (AvgIpc) is 3.32. The lowest BCUT2D eigenvalue weighted by atomic mass is 10.0. The number of carbonyl (C=O) groups excluding carboxylic acids is 1. The Bertz CT molecular complexity index is 1230. The van der Waals surface area contributed by atoms with Gasteiger partial charge in [-0.3, -0.25) is 13.8 Å². The quantitative estimate of drug-likeness (QED) is 0.0243. The van der Waals surface area contributed by atoms with Crippen molar-refractivity contribution >= 4 is 13.7 Å². The van der Waals surface area contributed by atoms with Crippen molar-refractivity contribution in [3.63, 3.8) is 0 Å². The van der Waals surface area contributed by atoms with Gasteiger partial charge in [0, 0.05) is 6.42 Å². The number of allylic oxidation sites excluding steroid dienone is 5. The van der Waals surface area contributed by atoms with Crippen molar-refractivity contribution in [2.45, 2.75) is 309 Å². The smallest absolute Gasteiger partial charge is 0.387 e. The Hall–Kier alpha value is -1.28. The molecule has 0 spiro atoms. The number of aliphatic hydroxyl groups excluding tert-OH is 1. The number of phosphoric acid groups is 1. The highest BCUT2D eigenvalue weighted by Crippen LogP contribution is 2.43. The average molecular weight is 1010 g/mol. The fourth-order valence-corrected chi connectivity index (χ4v) is 9.81. The zero-order chi connectivity index (χ0) is 51.3. The van der Waals surface area contributed by atoms with E-state index in [0.29, 0.717) is 17.4 Å². The molecule has 3 unspecified atom stereocenters. The van der Waals surface area contributed by atoms with E-state index in [2.05, 4.69) is 43.5 Å². The van der Waals surface area contributed by atoms with Crippen LogP contribution in [0.3, 0.4) is 0 Å². The summed E-state index contributed by atoms with van der Waals surface area (Å²) in [5.41, 5.74) is 0. The predicted molar refractivity (Wildman–Crippen MR) is 304 cm³/mol. The summed E-state index contributed by atoms with van der Waals surface area (Å²) in [6.07, 6.45) is 68.2. The first-order chi connectivity index (χ1) is 34.0. The molecule has 3 N–H and O–H groups in total. The molecule has 0 heterocycles. The molecule has 0 aromatic rings. The van der Waals surface area contributed by atoms with Crippen molar-refractivity contribution in [2.24, 2.45) is 0 Å². The Balaban J connectivity index is 4.12. The fourth-order valence-electron chi connectivity index (χ4n) is 9.08. The molecule has 70 heavy (non-hydrogen) atoms. The lowest BCUT2D eigenvalue weighted by molar-refractivity contribution is -0.870. The van der Waals surface area contributed by atoms with Gasteiger partial charge in [0.05, 0.1) is 39.9 Å². The molecule has 0 saturated carbocycles. The Kier molecular flexibility index (Phi) is 51.6. The number of hydrogen-bond donors (Lipinski definition) is 3. The molecular formula is C61H120N2O6P+. The SMILES string of the molecule is CCCCCCC/C=C\C/C=C\CCCCCCCCCCCCCCCCCCCC(=O)NC(COP(=O)(O)OCC[N+](C)(C)C)C(O)/C=C/CCCCCCCCCCCCCCCCCCC. The molecule has 0 aromatic carbocycles. The molecule has 0 aliphatic rings. The summed E-state index contributed by atoms with van der Waals surface area (Å²) in [6.45, 7) is 4.84. The van der Waals surface area contributed by atoms with Crippen LogP contribution in [-0.2, 0) is 18.4 Å². The van der Waals surface area contributed by atoms with Gasteiger partial charge in [-0.25, -0.2) is 4.57 Å². The van der Waals surface area contributed by atoms with Crippen molar-refractivity contribution in [3.05, 3.63) is 36.5 Å². The first-order valence-corrected chi connectivity index (χ1v) is 31.9. The molecule has 0 aromatic heterocycles. The van der Waals surface area contributed by atoms with Crippen LogP contribution in [0.4, 0.5) is 0 Å². The van der Waals surface area contributed by atoms with Crippen LogP contribution in [0.2, 0.25) is 0 Å². The maximum atomic E-state index is 13.0. The molecular weight excluding hydrogens is 888 g/mol. The van der Waals surface area contributed by atoms with Gasteiger partial charge in [0.1, 0.15) is 13.2 Å². The van der Waals surface area contributed by atoms with Crippen LogP contribution in [0.25, 0.3) is 0 Å². The Morgan fingerprint density at radius 2 is 0.814 bits per heavy atom. The summed E-state index contributed by atoms with van der Waals surface area (Å²) >= 11 is 0. The number of likely N-dealkylation sites (N-methyl/N-ethyl adjacent to an activating group) is 1. The van der Waals surface area contributed by atoms with Gasteiger partial charge in [-0.05, 0) is 51.4 Å². The largest absolute Gasteiger partial charge is 0.472 e. The lowest BCUT2D eigenvalue weighted by Gasteiger charge is -2.25. The Labute approximate surface area is 436 Å². The molecule has 8 nitrogen and oxygen atoms in total. The predicted octanol–water partition coefficient (Wildman–Crippen LogP) is 18.5. The maximum Gasteiger partial charge on any atom is 0.472 e. The summed E-state index contributed by atoms with van der Waals surface area (Å²) in [5.74, 6) is -0.172. The molecule has 0 radical (unpaired) electrons. The van der Waals surface area contributed by atoms with Crippen molar-refractivity contribution < 1.29 is 32.9 Å². The van der Waals surface area contributed by atoms with E-state index >= 15 is 0 Å². The van der Waals surface area contributed by atoms with Crippen molar-refractivity contribution in [1.82, 2.24) is 5.32 Å². The lowest BCUT2D eigenvalue weighted by Crippen LogP contribution is -2.45. The van der Waals surface area contributed by atoms with Crippen molar-refractivity contribution in [2.75, 3.05) is 40.9 Å². The second-order valence-electron chi connectivity index (χ2n) is 22.1. The maximum absolute atomic E-state index is 13.0. The number of nitrogens with one attached hydrogen (secondary N) is 1. The van der Waals surface area contributed by atoms with E-state index in [1.165, 1.54) is 231 Å². The first kappa shape index (κ1) is 68.7. The van der Waals surface area contributed by atoms with Crippen LogP contribution in [0, 0.1) is 0 Å².